The number of hydrogen-bond acceptors (Lipinski definition) is 2. The van der Waals surface area contributed by atoms with Gasteiger partial charge in [0.1, 0.15) is 5.82 Å². The van der Waals surface area contributed by atoms with Crippen molar-refractivity contribution in [1.29, 1.82) is 0 Å². The third-order valence-corrected chi connectivity index (χ3v) is 3.23. The van der Waals surface area contributed by atoms with E-state index in [4.69, 9.17) is 11.6 Å². The fraction of sp³-hybridized carbons (Fsp3) is 0.214. The van der Waals surface area contributed by atoms with Crippen LogP contribution in [-0.4, -0.2) is 12.0 Å². The largest absolute Gasteiger partial charge is 0.313 e. The fourth-order valence-electron chi connectivity index (χ4n) is 1.92. The van der Waals surface area contributed by atoms with E-state index in [0.29, 0.717) is 17.0 Å². The number of halogens is 2. The first-order chi connectivity index (χ1) is 8.72. The maximum absolute atomic E-state index is 13.6. The minimum Gasteiger partial charge on any atom is -0.313 e. The van der Waals surface area contributed by atoms with Gasteiger partial charge in [0.25, 0.3) is 0 Å². The van der Waals surface area contributed by atoms with E-state index in [2.05, 4.69) is 10.3 Å². The number of nitrogens with zero attached hydrogens (tertiary/aromatic N) is 1. The topological polar surface area (TPSA) is 24.9 Å². The van der Waals surface area contributed by atoms with Crippen molar-refractivity contribution in [2.75, 3.05) is 7.05 Å². The Bertz CT molecular complexity index is 531. The van der Waals surface area contributed by atoms with Crippen molar-refractivity contribution in [3.63, 3.8) is 0 Å². The Morgan fingerprint density at radius 3 is 2.78 bits per heavy atom. The molecule has 18 heavy (non-hydrogen) atoms. The van der Waals surface area contributed by atoms with Gasteiger partial charge in [0, 0.05) is 18.4 Å². The highest BCUT2D eigenvalue weighted by Gasteiger charge is 2.15. The van der Waals surface area contributed by atoms with E-state index < -0.39 is 0 Å². The molecule has 2 aromatic rings. The Kier molecular flexibility index (Phi) is 4.28. The van der Waals surface area contributed by atoms with Crippen LogP contribution in [0, 0.1) is 5.82 Å². The summed E-state index contributed by atoms with van der Waals surface area (Å²) in [7, 11) is 1.84. The highest BCUT2D eigenvalue weighted by atomic mass is 35.5. The normalized spacial score (nSPS) is 12.4. The molecule has 0 aliphatic heterocycles. The van der Waals surface area contributed by atoms with Crippen LogP contribution in [0.15, 0.2) is 42.7 Å². The SMILES string of the molecule is CNC(Cc1ccccc1F)c1ccncc1Cl. The number of benzene rings is 1. The van der Waals surface area contributed by atoms with E-state index >= 15 is 0 Å². The van der Waals surface area contributed by atoms with Crippen molar-refractivity contribution in [1.82, 2.24) is 10.3 Å². The van der Waals surface area contributed by atoms with Gasteiger partial charge in [0.15, 0.2) is 0 Å². The molecule has 1 atom stereocenters. The van der Waals surface area contributed by atoms with Crippen LogP contribution < -0.4 is 5.32 Å². The Morgan fingerprint density at radius 2 is 2.11 bits per heavy atom. The third kappa shape index (κ3) is 2.86. The molecule has 0 saturated carbocycles. The smallest absolute Gasteiger partial charge is 0.126 e. The molecule has 1 N–H and O–H groups in total. The molecule has 1 heterocycles. The number of hydrogen-bond donors (Lipinski definition) is 1. The van der Waals surface area contributed by atoms with Gasteiger partial charge in [-0.1, -0.05) is 29.8 Å². The van der Waals surface area contributed by atoms with Crippen molar-refractivity contribution in [3.05, 3.63) is 64.7 Å². The van der Waals surface area contributed by atoms with Gasteiger partial charge in [-0.15, -0.1) is 0 Å². The van der Waals surface area contributed by atoms with Crippen LogP contribution in [0.5, 0.6) is 0 Å². The van der Waals surface area contributed by atoms with Crippen molar-refractivity contribution in [2.24, 2.45) is 0 Å². The second-order valence-corrected chi connectivity index (χ2v) is 4.44. The predicted molar refractivity (Wildman–Crippen MR) is 71.2 cm³/mol. The maximum Gasteiger partial charge on any atom is 0.126 e. The molecule has 1 aromatic heterocycles. The monoisotopic (exact) mass is 264 g/mol. The lowest BCUT2D eigenvalue weighted by molar-refractivity contribution is 0.554. The zero-order chi connectivity index (χ0) is 13.0. The Morgan fingerprint density at radius 1 is 1.33 bits per heavy atom. The average Bonchev–Trinajstić information content (AvgIpc) is 2.39. The summed E-state index contributed by atoms with van der Waals surface area (Å²) in [5.41, 5.74) is 1.60. The van der Waals surface area contributed by atoms with E-state index in [1.165, 1.54) is 6.07 Å². The first-order valence-corrected chi connectivity index (χ1v) is 6.10. The van der Waals surface area contributed by atoms with Gasteiger partial charge in [0.05, 0.1) is 5.02 Å². The minimum atomic E-state index is -0.192. The van der Waals surface area contributed by atoms with Crippen molar-refractivity contribution in [3.8, 4) is 0 Å². The maximum atomic E-state index is 13.6. The molecule has 1 aromatic carbocycles. The average molecular weight is 265 g/mol. The van der Waals surface area contributed by atoms with E-state index in [-0.39, 0.29) is 11.9 Å². The van der Waals surface area contributed by atoms with Crippen LogP contribution in [0.2, 0.25) is 5.02 Å². The second-order valence-electron chi connectivity index (χ2n) is 4.03. The van der Waals surface area contributed by atoms with Crippen LogP contribution in [0.1, 0.15) is 17.2 Å². The van der Waals surface area contributed by atoms with Crippen LogP contribution >= 0.6 is 11.6 Å². The Labute approximate surface area is 111 Å². The first kappa shape index (κ1) is 13.0. The first-order valence-electron chi connectivity index (χ1n) is 5.72. The molecule has 0 fully saturated rings. The third-order valence-electron chi connectivity index (χ3n) is 2.91. The van der Waals surface area contributed by atoms with Crippen LogP contribution in [-0.2, 0) is 6.42 Å². The lowest BCUT2D eigenvalue weighted by Gasteiger charge is -2.18. The summed E-state index contributed by atoms with van der Waals surface area (Å²) in [6, 6.07) is 8.60. The molecule has 0 aliphatic carbocycles. The zero-order valence-electron chi connectivity index (χ0n) is 10.0. The summed E-state index contributed by atoms with van der Waals surface area (Å²) in [5, 5.41) is 3.75. The number of aromatic nitrogens is 1. The molecule has 94 valence electrons. The molecule has 0 saturated heterocycles. The molecule has 2 nitrogen and oxygen atoms in total. The Balaban J connectivity index is 2.26. The fourth-order valence-corrected chi connectivity index (χ4v) is 2.17. The quantitative estimate of drug-likeness (QED) is 0.916. The molecule has 0 aliphatic rings. The summed E-state index contributed by atoms with van der Waals surface area (Å²) in [5.74, 6) is -0.192. The van der Waals surface area contributed by atoms with Gasteiger partial charge < -0.3 is 5.32 Å². The Hall–Kier alpha value is -1.45. The second kappa shape index (κ2) is 5.94. The molecular weight excluding hydrogens is 251 g/mol. The predicted octanol–water partition coefficient (Wildman–Crippen LogP) is 3.38. The van der Waals surface area contributed by atoms with Crippen LogP contribution in [0.25, 0.3) is 0 Å². The molecule has 4 heteroatoms. The molecule has 2 rings (SSSR count). The van der Waals surface area contributed by atoms with Gasteiger partial charge >= 0.3 is 0 Å². The van der Waals surface area contributed by atoms with Gasteiger partial charge in [-0.25, -0.2) is 4.39 Å². The van der Waals surface area contributed by atoms with Gasteiger partial charge in [-0.05, 0) is 36.7 Å². The van der Waals surface area contributed by atoms with E-state index in [1.54, 1.807) is 24.5 Å². The molecule has 0 bridgehead atoms. The van der Waals surface area contributed by atoms with Crippen molar-refractivity contribution < 1.29 is 4.39 Å². The lowest BCUT2D eigenvalue weighted by atomic mass is 9.99. The van der Waals surface area contributed by atoms with Gasteiger partial charge in [0.2, 0.25) is 0 Å². The van der Waals surface area contributed by atoms with Crippen LogP contribution in [0.3, 0.4) is 0 Å². The zero-order valence-corrected chi connectivity index (χ0v) is 10.8. The molecule has 0 radical (unpaired) electrons. The number of rotatable bonds is 4. The molecule has 0 amide bonds. The van der Waals surface area contributed by atoms with E-state index in [9.17, 15) is 4.39 Å². The number of pyridine rings is 1. The lowest BCUT2D eigenvalue weighted by Crippen LogP contribution is -2.19. The molecular formula is C14H14ClFN2. The highest BCUT2D eigenvalue weighted by molar-refractivity contribution is 6.31. The summed E-state index contributed by atoms with van der Waals surface area (Å²) in [6.45, 7) is 0. The molecule has 1 unspecified atom stereocenters. The molecule has 0 spiro atoms. The van der Waals surface area contributed by atoms with Crippen molar-refractivity contribution in [2.45, 2.75) is 12.5 Å². The van der Waals surface area contributed by atoms with E-state index in [0.717, 1.165) is 5.56 Å². The van der Waals surface area contributed by atoms with Gasteiger partial charge in [-0.2, -0.15) is 0 Å². The standard InChI is InChI=1S/C14H14ClFN2/c1-17-14(11-6-7-18-9-12(11)15)8-10-4-2-3-5-13(10)16/h2-7,9,14,17H,8H2,1H3. The number of likely N-dealkylation sites (N-methyl/N-ethyl adjacent to an activating group) is 1. The summed E-state index contributed by atoms with van der Waals surface area (Å²) >= 11 is 6.11. The summed E-state index contributed by atoms with van der Waals surface area (Å²) in [4.78, 5) is 3.95. The van der Waals surface area contributed by atoms with E-state index in [1.807, 2.05) is 19.2 Å². The van der Waals surface area contributed by atoms with Gasteiger partial charge in [-0.3, -0.25) is 4.98 Å². The summed E-state index contributed by atoms with van der Waals surface area (Å²) in [6.07, 6.45) is 3.84. The minimum absolute atomic E-state index is 0.0302. The van der Waals surface area contributed by atoms with Crippen LogP contribution in [0.4, 0.5) is 4.39 Å². The highest BCUT2D eigenvalue weighted by Crippen LogP contribution is 2.25. The summed E-state index contributed by atoms with van der Waals surface area (Å²) < 4.78 is 13.6. The number of nitrogens with one attached hydrogen (secondary N) is 1. The van der Waals surface area contributed by atoms with Crippen molar-refractivity contribution >= 4 is 11.6 Å².